The molecule has 11 heteroatoms. The van der Waals surface area contributed by atoms with Crippen molar-refractivity contribution >= 4 is 41.3 Å². The van der Waals surface area contributed by atoms with E-state index in [1.54, 1.807) is 24.3 Å². The van der Waals surface area contributed by atoms with E-state index in [-0.39, 0.29) is 17.0 Å². The lowest BCUT2D eigenvalue weighted by Gasteiger charge is -2.12. The Hall–Kier alpha value is -2.59. The van der Waals surface area contributed by atoms with E-state index >= 15 is 0 Å². The van der Waals surface area contributed by atoms with Crippen LogP contribution in [0.3, 0.4) is 0 Å². The maximum Gasteiger partial charge on any atom is 0.321 e. The second-order valence-corrected chi connectivity index (χ2v) is 7.70. The molecule has 0 unspecified atom stereocenters. The van der Waals surface area contributed by atoms with Crippen molar-refractivity contribution in [2.24, 2.45) is 0 Å². The van der Waals surface area contributed by atoms with Crippen LogP contribution in [0.4, 0.5) is 4.79 Å². The standard InChI is InChI=1S/C18H19ClN4O5S/c19-12-7-5-11(6-8-12)16-22-23-18(28-16)29-10-15(25)27-9-14(24)21-17(26)20-13-3-1-2-4-13/h5-8,13H,1-4,9-10H2,(H2,20,21,24,26). The van der Waals surface area contributed by atoms with Gasteiger partial charge in [0.15, 0.2) is 6.61 Å². The lowest BCUT2D eigenvalue weighted by atomic mass is 10.2. The SMILES string of the molecule is O=C(COC(=O)CSc1nnc(-c2ccc(Cl)cc2)o1)NC(=O)NC1CCCC1. The van der Waals surface area contributed by atoms with Gasteiger partial charge in [0.05, 0.1) is 0 Å². The molecule has 0 spiro atoms. The van der Waals surface area contributed by atoms with Gasteiger partial charge in [-0.25, -0.2) is 4.79 Å². The zero-order valence-corrected chi connectivity index (χ0v) is 16.9. The highest BCUT2D eigenvalue weighted by Gasteiger charge is 2.19. The molecule has 2 aromatic rings. The predicted octanol–water partition coefficient (Wildman–Crippen LogP) is 2.79. The first kappa shape index (κ1) is 21.1. The van der Waals surface area contributed by atoms with Crippen LogP contribution in [-0.2, 0) is 14.3 Å². The molecule has 1 fully saturated rings. The maximum atomic E-state index is 11.8. The second-order valence-electron chi connectivity index (χ2n) is 6.33. The van der Waals surface area contributed by atoms with E-state index < -0.39 is 24.5 Å². The van der Waals surface area contributed by atoms with Gasteiger partial charge in [0, 0.05) is 16.6 Å². The molecule has 1 aromatic carbocycles. The average molecular weight is 439 g/mol. The Balaban J connectivity index is 1.36. The molecule has 1 aliphatic carbocycles. The number of nitrogens with zero attached hydrogens (tertiary/aromatic N) is 2. The van der Waals surface area contributed by atoms with E-state index in [9.17, 15) is 14.4 Å². The predicted molar refractivity (Wildman–Crippen MR) is 105 cm³/mol. The van der Waals surface area contributed by atoms with Crippen molar-refractivity contribution in [3.8, 4) is 11.5 Å². The van der Waals surface area contributed by atoms with Crippen LogP contribution in [0.2, 0.25) is 5.02 Å². The van der Waals surface area contributed by atoms with E-state index in [0.717, 1.165) is 37.4 Å². The van der Waals surface area contributed by atoms with Gasteiger partial charge in [-0.1, -0.05) is 36.2 Å². The Morgan fingerprint density at radius 1 is 1.17 bits per heavy atom. The van der Waals surface area contributed by atoms with Crippen molar-refractivity contribution in [2.45, 2.75) is 36.9 Å². The number of benzene rings is 1. The Morgan fingerprint density at radius 2 is 1.90 bits per heavy atom. The summed E-state index contributed by atoms with van der Waals surface area (Å²) in [5.74, 6) is -1.16. The van der Waals surface area contributed by atoms with Gasteiger partial charge < -0.3 is 14.5 Å². The third kappa shape index (κ3) is 6.75. The number of rotatable bonds is 7. The summed E-state index contributed by atoms with van der Waals surface area (Å²) in [5.41, 5.74) is 0.698. The summed E-state index contributed by atoms with van der Waals surface area (Å²) in [6.07, 6.45) is 3.94. The number of halogens is 1. The number of carbonyl (C=O) groups excluding carboxylic acids is 3. The molecule has 2 N–H and O–H groups in total. The van der Waals surface area contributed by atoms with Crippen LogP contribution < -0.4 is 10.6 Å². The molecule has 29 heavy (non-hydrogen) atoms. The number of nitrogens with one attached hydrogen (secondary N) is 2. The smallest absolute Gasteiger partial charge is 0.321 e. The van der Waals surface area contributed by atoms with Crippen LogP contribution in [0, 0.1) is 0 Å². The lowest BCUT2D eigenvalue weighted by molar-refractivity contribution is -0.145. The van der Waals surface area contributed by atoms with Crippen LogP contribution in [-0.4, -0.2) is 46.5 Å². The van der Waals surface area contributed by atoms with Gasteiger partial charge in [0.2, 0.25) is 5.89 Å². The zero-order valence-electron chi connectivity index (χ0n) is 15.4. The van der Waals surface area contributed by atoms with E-state index in [1.807, 2.05) is 0 Å². The first-order valence-electron chi connectivity index (χ1n) is 8.98. The van der Waals surface area contributed by atoms with E-state index in [0.29, 0.717) is 16.5 Å². The largest absolute Gasteiger partial charge is 0.455 e. The minimum atomic E-state index is -0.693. The first-order valence-corrected chi connectivity index (χ1v) is 10.3. The van der Waals surface area contributed by atoms with Crippen molar-refractivity contribution < 1.29 is 23.5 Å². The molecule has 9 nitrogen and oxygen atoms in total. The van der Waals surface area contributed by atoms with Crippen molar-refractivity contribution in [1.29, 1.82) is 0 Å². The van der Waals surface area contributed by atoms with Crippen molar-refractivity contribution in [1.82, 2.24) is 20.8 Å². The van der Waals surface area contributed by atoms with E-state index in [4.69, 9.17) is 20.8 Å². The van der Waals surface area contributed by atoms with Gasteiger partial charge in [-0.15, -0.1) is 10.2 Å². The number of imide groups is 1. The topological polar surface area (TPSA) is 123 Å². The number of amides is 3. The van der Waals surface area contributed by atoms with Crippen LogP contribution in [0.1, 0.15) is 25.7 Å². The normalized spacial score (nSPS) is 13.8. The summed E-state index contributed by atoms with van der Waals surface area (Å²) in [4.78, 5) is 35.1. The summed E-state index contributed by atoms with van der Waals surface area (Å²) < 4.78 is 10.3. The fourth-order valence-electron chi connectivity index (χ4n) is 2.74. The lowest BCUT2D eigenvalue weighted by Crippen LogP contribution is -2.45. The Labute approximate surface area is 175 Å². The highest BCUT2D eigenvalue weighted by atomic mass is 35.5. The first-order chi connectivity index (χ1) is 14.0. The van der Waals surface area contributed by atoms with Gasteiger partial charge in [-0.05, 0) is 37.1 Å². The molecule has 0 atom stereocenters. The number of esters is 1. The van der Waals surface area contributed by atoms with Crippen molar-refractivity contribution in [3.63, 3.8) is 0 Å². The molecule has 1 aromatic heterocycles. The Morgan fingerprint density at radius 3 is 2.62 bits per heavy atom. The molecular weight excluding hydrogens is 420 g/mol. The molecule has 0 saturated heterocycles. The van der Waals surface area contributed by atoms with Crippen LogP contribution in [0.25, 0.3) is 11.5 Å². The molecule has 154 valence electrons. The molecule has 1 heterocycles. The number of urea groups is 1. The number of hydrogen-bond acceptors (Lipinski definition) is 8. The summed E-state index contributed by atoms with van der Waals surface area (Å²) in [6, 6.07) is 6.39. The third-order valence-electron chi connectivity index (χ3n) is 4.12. The van der Waals surface area contributed by atoms with Gasteiger partial charge >= 0.3 is 12.0 Å². The highest BCUT2D eigenvalue weighted by Crippen LogP contribution is 2.24. The van der Waals surface area contributed by atoms with Crippen LogP contribution >= 0.6 is 23.4 Å². The molecule has 0 bridgehead atoms. The maximum absolute atomic E-state index is 11.8. The summed E-state index contributed by atoms with van der Waals surface area (Å²) in [5, 5.41) is 13.4. The second kappa shape index (κ2) is 10.3. The molecule has 1 aliphatic rings. The molecule has 3 amide bonds. The van der Waals surface area contributed by atoms with Crippen LogP contribution in [0.5, 0.6) is 0 Å². The summed E-state index contributed by atoms with van der Waals surface area (Å²) in [6.45, 7) is -0.544. The Bertz CT molecular complexity index is 867. The molecular formula is C18H19ClN4O5S. The number of aromatic nitrogens is 2. The third-order valence-corrected chi connectivity index (χ3v) is 5.16. The summed E-state index contributed by atoms with van der Waals surface area (Å²) in [7, 11) is 0. The number of hydrogen-bond donors (Lipinski definition) is 2. The zero-order chi connectivity index (χ0) is 20.6. The fraction of sp³-hybridized carbons (Fsp3) is 0.389. The average Bonchev–Trinajstić information content (AvgIpc) is 3.37. The van der Waals surface area contributed by atoms with Crippen molar-refractivity contribution in [2.75, 3.05) is 12.4 Å². The fourth-order valence-corrected chi connectivity index (χ4v) is 3.43. The number of ether oxygens (including phenoxy) is 1. The minimum absolute atomic E-state index is 0.0916. The Kier molecular flexibility index (Phi) is 7.48. The monoisotopic (exact) mass is 438 g/mol. The number of thioether (sulfide) groups is 1. The molecule has 0 aliphatic heterocycles. The van der Waals surface area contributed by atoms with E-state index in [1.165, 1.54) is 0 Å². The van der Waals surface area contributed by atoms with Crippen LogP contribution in [0.15, 0.2) is 33.9 Å². The quantitative estimate of drug-likeness (QED) is 0.499. The van der Waals surface area contributed by atoms with Gasteiger partial charge in [-0.2, -0.15) is 0 Å². The van der Waals surface area contributed by atoms with Gasteiger partial charge in [0.1, 0.15) is 5.75 Å². The highest BCUT2D eigenvalue weighted by molar-refractivity contribution is 7.99. The minimum Gasteiger partial charge on any atom is -0.455 e. The summed E-state index contributed by atoms with van der Waals surface area (Å²) >= 11 is 6.82. The number of carbonyl (C=O) groups is 3. The van der Waals surface area contributed by atoms with E-state index in [2.05, 4.69) is 20.8 Å². The van der Waals surface area contributed by atoms with Gasteiger partial charge in [0.25, 0.3) is 11.1 Å². The van der Waals surface area contributed by atoms with Crippen molar-refractivity contribution in [3.05, 3.63) is 29.3 Å². The van der Waals surface area contributed by atoms with Gasteiger partial charge in [-0.3, -0.25) is 14.9 Å². The molecule has 3 rings (SSSR count). The molecule has 0 radical (unpaired) electrons. The molecule has 1 saturated carbocycles.